The molecule has 2 saturated heterocycles. The minimum absolute atomic E-state index is 0.0240. The summed E-state index contributed by atoms with van der Waals surface area (Å²) < 4.78 is 23.9. The van der Waals surface area contributed by atoms with Crippen molar-refractivity contribution in [2.45, 2.75) is 136 Å². The molecule has 0 aromatic carbocycles. The first kappa shape index (κ1) is 32.4. The molecule has 4 fully saturated rings. The zero-order valence-corrected chi connectivity index (χ0v) is 27.4. The number of carbonyl (C=O) groups excluding carboxylic acids is 3. The molecule has 1 unspecified atom stereocenters. The molecule has 0 aromatic rings. The van der Waals surface area contributed by atoms with Gasteiger partial charge in [0, 0.05) is 37.2 Å². The minimum atomic E-state index is -0.870. The van der Waals surface area contributed by atoms with E-state index in [2.05, 4.69) is 26.8 Å². The van der Waals surface area contributed by atoms with E-state index >= 15 is 0 Å². The lowest BCUT2D eigenvalue weighted by Crippen LogP contribution is -2.67. The first-order chi connectivity index (χ1) is 19.8. The molecule has 43 heavy (non-hydrogen) atoms. The molecular formula is C34H52O9. The van der Waals surface area contributed by atoms with Crippen LogP contribution in [0.2, 0.25) is 0 Å². The van der Waals surface area contributed by atoms with E-state index in [1.807, 2.05) is 27.7 Å². The van der Waals surface area contributed by atoms with Crippen LogP contribution in [-0.4, -0.2) is 70.3 Å². The predicted molar refractivity (Wildman–Crippen MR) is 157 cm³/mol. The predicted octanol–water partition coefficient (Wildman–Crippen LogP) is 4.51. The summed E-state index contributed by atoms with van der Waals surface area (Å²) in [6.45, 7) is 17.1. The highest BCUT2D eigenvalue weighted by Gasteiger charge is 2.71. The largest absolute Gasteiger partial charge is 0.462 e. The Morgan fingerprint density at radius 1 is 1.00 bits per heavy atom. The molecule has 2 heterocycles. The molecule has 242 valence electrons. The Balaban J connectivity index is 1.56. The van der Waals surface area contributed by atoms with Crippen molar-refractivity contribution >= 4 is 17.9 Å². The highest BCUT2D eigenvalue weighted by atomic mass is 16.6. The number of epoxide rings is 1. The van der Waals surface area contributed by atoms with E-state index in [0.717, 1.165) is 19.3 Å². The zero-order chi connectivity index (χ0) is 31.9. The maximum Gasteiger partial charge on any atom is 0.310 e. The normalized spacial score (nSPS) is 43.9. The van der Waals surface area contributed by atoms with Gasteiger partial charge < -0.3 is 29.2 Å². The number of hydrogen-bond donors (Lipinski definition) is 2. The molecule has 0 radical (unpaired) electrons. The second-order valence-corrected chi connectivity index (χ2v) is 15.8. The number of rotatable bonds is 7. The Kier molecular flexibility index (Phi) is 7.95. The fraction of sp³-hybridized carbons (Fsp3) is 0.853. The molecule has 9 nitrogen and oxygen atoms in total. The molecule has 11 atom stereocenters. The van der Waals surface area contributed by atoms with Crippen LogP contribution in [0.4, 0.5) is 0 Å². The van der Waals surface area contributed by atoms with Crippen molar-refractivity contribution in [2.75, 3.05) is 6.61 Å². The Morgan fingerprint density at radius 3 is 2.16 bits per heavy atom. The summed E-state index contributed by atoms with van der Waals surface area (Å²) in [5, 5.41) is 21.6. The van der Waals surface area contributed by atoms with Crippen molar-refractivity contribution in [1.82, 2.24) is 0 Å². The second-order valence-electron chi connectivity index (χ2n) is 15.8. The van der Waals surface area contributed by atoms with E-state index in [-0.39, 0.29) is 59.8 Å². The van der Waals surface area contributed by atoms with E-state index in [1.165, 1.54) is 19.4 Å². The van der Waals surface area contributed by atoms with Crippen LogP contribution >= 0.6 is 0 Å². The van der Waals surface area contributed by atoms with Gasteiger partial charge in [-0.25, -0.2) is 0 Å². The van der Waals surface area contributed by atoms with E-state index in [1.54, 1.807) is 0 Å². The smallest absolute Gasteiger partial charge is 0.310 e. The Morgan fingerprint density at radius 2 is 1.60 bits per heavy atom. The molecular weight excluding hydrogens is 552 g/mol. The van der Waals surface area contributed by atoms with Gasteiger partial charge in [0.05, 0.1) is 18.1 Å². The van der Waals surface area contributed by atoms with Crippen LogP contribution in [0, 0.1) is 39.9 Å². The van der Waals surface area contributed by atoms with Gasteiger partial charge in [0.2, 0.25) is 0 Å². The van der Waals surface area contributed by atoms with Crippen molar-refractivity contribution in [3.63, 3.8) is 0 Å². The summed E-state index contributed by atoms with van der Waals surface area (Å²) >= 11 is 0. The van der Waals surface area contributed by atoms with Crippen LogP contribution in [0.3, 0.4) is 0 Å². The molecule has 0 spiro atoms. The van der Waals surface area contributed by atoms with Crippen molar-refractivity contribution < 1.29 is 43.5 Å². The third kappa shape index (κ3) is 5.05. The standard InChI is InChI=1S/C34H52O9/c1-18(36)40-26-15-25-30(3,4)42-28(39)16-27(41-19(2)37)34(25,9)24-12-13-32(7)21(10-11-23(32)33(24,26)8)20(17-35)14-22(38)29-31(5,6)43-29/h11,20-22,24-27,29,35,38H,10,12-17H2,1-9H3/t20?,21-,22+,24-,25-,26+,27-,29-,32-,33-,34+/m0/s1. The Labute approximate surface area is 256 Å². The van der Waals surface area contributed by atoms with E-state index in [0.29, 0.717) is 12.8 Å². The monoisotopic (exact) mass is 604 g/mol. The Hall–Kier alpha value is -1.97. The molecule has 2 saturated carbocycles. The molecule has 9 heteroatoms. The fourth-order valence-electron chi connectivity index (χ4n) is 10.7. The van der Waals surface area contributed by atoms with Gasteiger partial charge in [-0.3, -0.25) is 14.4 Å². The van der Waals surface area contributed by atoms with Gasteiger partial charge in [0.25, 0.3) is 0 Å². The lowest BCUT2D eigenvalue weighted by atomic mass is 9.39. The average molecular weight is 605 g/mol. The Bertz CT molecular complexity index is 1190. The van der Waals surface area contributed by atoms with Crippen LogP contribution in [0.1, 0.15) is 101 Å². The van der Waals surface area contributed by atoms with Crippen molar-refractivity contribution in [2.24, 2.45) is 39.9 Å². The molecule has 5 rings (SSSR count). The van der Waals surface area contributed by atoms with Gasteiger partial charge in [-0.05, 0) is 83.0 Å². The summed E-state index contributed by atoms with van der Waals surface area (Å²) in [5.74, 6) is -1.56. The number of aliphatic hydroxyl groups excluding tert-OH is 2. The molecule has 5 aliphatic rings. The van der Waals surface area contributed by atoms with Gasteiger partial charge in [-0.1, -0.05) is 32.4 Å². The highest BCUT2D eigenvalue weighted by molar-refractivity contribution is 5.73. The minimum Gasteiger partial charge on any atom is -0.462 e. The maximum absolute atomic E-state index is 13.1. The summed E-state index contributed by atoms with van der Waals surface area (Å²) in [6.07, 6.45) is 3.42. The van der Waals surface area contributed by atoms with Gasteiger partial charge in [0.1, 0.15) is 23.9 Å². The van der Waals surface area contributed by atoms with Crippen LogP contribution in [0.25, 0.3) is 0 Å². The number of ether oxygens (including phenoxy) is 4. The van der Waals surface area contributed by atoms with Gasteiger partial charge >= 0.3 is 17.9 Å². The second kappa shape index (κ2) is 10.5. The number of cyclic esters (lactones) is 1. The van der Waals surface area contributed by atoms with Crippen LogP contribution in [0.5, 0.6) is 0 Å². The highest BCUT2D eigenvalue weighted by Crippen LogP contribution is 2.72. The number of fused-ring (bicyclic) bond motifs is 5. The van der Waals surface area contributed by atoms with Crippen LogP contribution in [-0.2, 0) is 33.3 Å². The van der Waals surface area contributed by atoms with Crippen molar-refractivity contribution in [3.05, 3.63) is 11.6 Å². The van der Waals surface area contributed by atoms with Gasteiger partial charge in [-0.15, -0.1) is 0 Å². The van der Waals surface area contributed by atoms with Crippen molar-refractivity contribution in [3.8, 4) is 0 Å². The van der Waals surface area contributed by atoms with Gasteiger partial charge in [0.15, 0.2) is 0 Å². The van der Waals surface area contributed by atoms with Crippen LogP contribution in [0.15, 0.2) is 11.6 Å². The molecule has 3 aliphatic carbocycles. The third-order valence-corrected chi connectivity index (χ3v) is 12.5. The third-order valence-electron chi connectivity index (χ3n) is 12.5. The number of carbonyl (C=O) groups is 3. The topological polar surface area (TPSA) is 132 Å². The number of allylic oxidation sites excluding steroid dienone is 1. The molecule has 0 amide bonds. The molecule has 0 bridgehead atoms. The maximum atomic E-state index is 13.1. The summed E-state index contributed by atoms with van der Waals surface area (Å²) in [4.78, 5) is 38.1. The number of hydrogen-bond acceptors (Lipinski definition) is 9. The number of esters is 3. The van der Waals surface area contributed by atoms with E-state index in [4.69, 9.17) is 18.9 Å². The zero-order valence-electron chi connectivity index (χ0n) is 27.4. The summed E-state index contributed by atoms with van der Waals surface area (Å²) in [5.41, 5.74) is -1.57. The molecule has 0 aromatic heterocycles. The first-order valence-corrected chi connectivity index (χ1v) is 16.1. The van der Waals surface area contributed by atoms with E-state index in [9.17, 15) is 24.6 Å². The van der Waals surface area contributed by atoms with E-state index < -0.39 is 46.7 Å². The SMILES string of the molecule is CC(=O)O[C@H]1CC(=O)OC(C)(C)[C@@H]2C[C@@H](OC(C)=O)[C@@]3(C)C4=CC[C@@H](C(CO)C[C@@H](O)[C@@H]5OC5(C)C)[C@]4(C)CC[C@@H]3[C@@]12C. The first-order valence-electron chi connectivity index (χ1n) is 16.1. The molecule has 2 aliphatic heterocycles. The average Bonchev–Trinajstić information content (AvgIpc) is 3.39. The summed E-state index contributed by atoms with van der Waals surface area (Å²) in [6, 6.07) is 0. The number of aliphatic hydroxyl groups is 2. The van der Waals surface area contributed by atoms with Crippen molar-refractivity contribution in [1.29, 1.82) is 0 Å². The summed E-state index contributed by atoms with van der Waals surface area (Å²) in [7, 11) is 0. The lowest BCUT2D eigenvalue weighted by Gasteiger charge is -2.66. The quantitative estimate of drug-likeness (QED) is 0.186. The lowest BCUT2D eigenvalue weighted by molar-refractivity contribution is -0.227. The van der Waals surface area contributed by atoms with Crippen LogP contribution < -0.4 is 0 Å². The molecule has 2 N–H and O–H groups in total. The van der Waals surface area contributed by atoms with Gasteiger partial charge in [-0.2, -0.15) is 0 Å². The fourth-order valence-corrected chi connectivity index (χ4v) is 10.7.